The van der Waals surface area contributed by atoms with E-state index in [0.29, 0.717) is 24.5 Å². The lowest BCUT2D eigenvalue weighted by Crippen LogP contribution is -2.36. The molecule has 0 heterocycles. The second-order valence-corrected chi connectivity index (χ2v) is 5.21. The Balaban J connectivity index is 2.84. The number of halogens is 1. The van der Waals surface area contributed by atoms with Gasteiger partial charge in [-0.05, 0) is 24.1 Å². The molecule has 1 aromatic carbocycles. The number of hydrogen-bond donors (Lipinski definition) is 2. The third-order valence-electron chi connectivity index (χ3n) is 2.97. The predicted molar refractivity (Wildman–Crippen MR) is 80.4 cm³/mol. The molecule has 5 nitrogen and oxygen atoms in total. The van der Waals surface area contributed by atoms with Gasteiger partial charge in [0, 0.05) is 11.0 Å². The molecule has 0 saturated carbocycles. The molecule has 1 rings (SSSR count). The van der Waals surface area contributed by atoms with Crippen molar-refractivity contribution in [3.8, 4) is 11.5 Å². The Hall–Kier alpha value is -1.27. The van der Waals surface area contributed by atoms with Gasteiger partial charge in [-0.25, -0.2) is 0 Å². The minimum absolute atomic E-state index is 0.442. The van der Waals surface area contributed by atoms with Crippen molar-refractivity contribution < 1.29 is 19.4 Å². The molecule has 1 unspecified atom stereocenters. The van der Waals surface area contributed by atoms with E-state index < -0.39 is 12.0 Å². The van der Waals surface area contributed by atoms with E-state index in [1.165, 1.54) is 0 Å². The zero-order chi connectivity index (χ0) is 15.1. The molecule has 0 radical (unpaired) electrons. The van der Waals surface area contributed by atoms with Crippen LogP contribution in [0, 0.1) is 0 Å². The fraction of sp³-hybridized carbons (Fsp3) is 0.500. The van der Waals surface area contributed by atoms with E-state index in [-0.39, 0.29) is 0 Å². The highest BCUT2D eigenvalue weighted by Crippen LogP contribution is 2.33. The van der Waals surface area contributed by atoms with E-state index in [0.717, 1.165) is 16.5 Å². The maximum atomic E-state index is 11.1. The maximum Gasteiger partial charge on any atom is 0.320 e. The molecular weight excluding hydrogens is 326 g/mol. The van der Waals surface area contributed by atoms with Crippen molar-refractivity contribution in [1.82, 2.24) is 5.32 Å². The van der Waals surface area contributed by atoms with E-state index in [4.69, 9.17) is 14.6 Å². The zero-order valence-corrected chi connectivity index (χ0v) is 13.5. The minimum Gasteiger partial charge on any atom is -0.493 e. The normalized spacial score (nSPS) is 12.0. The Morgan fingerprint density at radius 3 is 2.45 bits per heavy atom. The number of carboxylic acid groups (broad SMARTS) is 1. The van der Waals surface area contributed by atoms with Crippen LogP contribution in [-0.4, -0.2) is 31.3 Å². The fourth-order valence-electron chi connectivity index (χ4n) is 1.87. The van der Waals surface area contributed by atoms with Crippen molar-refractivity contribution in [2.75, 3.05) is 14.2 Å². The molecule has 1 atom stereocenters. The molecule has 0 aliphatic rings. The van der Waals surface area contributed by atoms with E-state index in [2.05, 4.69) is 21.2 Å². The Morgan fingerprint density at radius 1 is 1.35 bits per heavy atom. The second kappa shape index (κ2) is 8.11. The van der Waals surface area contributed by atoms with Gasteiger partial charge in [-0.2, -0.15) is 0 Å². The molecule has 0 saturated heterocycles. The number of rotatable bonds is 8. The summed E-state index contributed by atoms with van der Waals surface area (Å²) in [5.74, 6) is 0.421. The van der Waals surface area contributed by atoms with E-state index in [1.54, 1.807) is 14.2 Å². The van der Waals surface area contributed by atoms with Gasteiger partial charge in [0.2, 0.25) is 0 Å². The highest BCUT2D eigenvalue weighted by molar-refractivity contribution is 9.10. The van der Waals surface area contributed by atoms with Crippen molar-refractivity contribution in [2.24, 2.45) is 0 Å². The molecule has 0 fully saturated rings. The molecule has 6 heteroatoms. The summed E-state index contributed by atoms with van der Waals surface area (Å²) in [4.78, 5) is 11.1. The highest BCUT2D eigenvalue weighted by Gasteiger charge is 2.16. The fourth-order valence-corrected chi connectivity index (χ4v) is 2.33. The van der Waals surface area contributed by atoms with Crippen LogP contribution in [0.15, 0.2) is 16.6 Å². The standard InChI is InChI=1S/C14H20BrNO4/c1-4-5-11(14(17)18)16-8-9-6-12(19-2)13(20-3)7-10(9)15/h6-7,11,16H,4-5,8H2,1-3H3,(H,17,18). The summed E-state index contributed by atoms with van der Waals surface area (Å²) in [5, 5.41) is 12.2. The van der Waals surface area contributed by atoms with E-state index in [9.17, 15) is 4.79 Å². The Bertz CT molecular complexity index is 465. The molecule has 0 aromatic heterocycles. The highest BCUT2D eigenvalue weighted by atomic mass is 79.9. The average molecular weight is 346 g/mol. The summed E-state index contributed by atoms with van der Waals surface area (Å²) in [7, 11) is 3.14. The molecule has 1 aromatic rings. The lowest BCUT2D eigenvalue weighted by Gasteiger charge is -2.16. The van der Waals surface area contributed by atoms with Gasteiger partial charge >= 0.3 is 5.97 Å². The summed E-state index contributed by atoms with van der Waals surface area (Å²) in [6, 6.07) is 3.10. The maximum absolute atomic E-state index is 11.1. The van der Waals surface area contributed by atoms with Gasteiger partial charge < -0.3 is 19.9 Å². The molecule has 0 bridgehead atoms. The van der Waals surface area contributed by atoms with Gasteiger partial charge in [0.15, 0.2) is 11.5 Å². The average Bonchev–Trinajstić information content (AvgIpc) is 2.43. The van der Waals surface area contributed by atoms with Crippen LogP contribution in [0.25, 0.3) is 0 Å². The summed E-state index contributed by atoms with van der Waals surface area (Å²) in [6.45, 7) is 2.40. The van der Waals surface area contributed by atoms with Gasteiger partial charge in [-0.1, -0.05) is 29.3 Å². The quantitative estimate of drug-likeness (QED) is 0.758. The predicted octanol–water partition coefficient (Wildman–Crippen LogP) is 2.81. The third-order valence-corrected chi connectivity index (χ3v) is 3.71. The topological polar surface area (TPSA) is 67.8 Å². The van der Waals surface area contributed by atoms with Crippen LogP contribution in [0.5, 0.6) is 11.5 Å². The number of carbonyl (C=O) groups is 1. The molecule has 112 valence electrons. The Labute approximate surface area is 127 Å². The van der Waals surface area contributed by atoms with Crippen molar-refractivity contribution in [1.29, 1.82) is 0 Å². The van der Waals surface area contributed by atoms with Crippen molar-refractivity contribution in [3.05, 3.63) is 22.2 Å². The van der Waals surface area contributed by atoms with Crippen LogP contribution in [0.2, 0.25) is 0 Å². The number of ether oxygens (including phenoxy) is 2. The zero-order valence-electron chi connectivity index (χ0n) is 11.9. The summed E-state index contributed by atoms with van der Waals surface area (Å²) in [5.41, 5.74) is 0.921. The van der Waals surface area contributed by atoms with Crippen molar-refractivity contribution in [2.45, 2.75) is 32.4 Å². The molecular formula is C14H20BrNO4. The molecule has 0 spiro atoms. The van der Waals surface area contributed by atoms with Gasteiger partial charge in [0.1, 0.15) is 6.04 Å². The van der Waals surface area contributed by atoms with E-state index in [1.807, 2.05) is 19.1 Å². The number of benzene rings is 1. The number of nitrogens with one attached hydrogen (secondary N) is 1. The number of aliphatic carboxylic acids is 1. The van der Waals surface area contributed by atoms with Crippen LogP contribution in [-0.2, 0) is 11.3 Å². The second-order valence-electron chi connectivity index (χ2n) is 4.36. The summed E-state index contributed by atoms with van der Waals surface area (Å²) < 4.78 is 11.3. The van der Waals surface area contributed by atoms with E-state index >= 15 is 0 Å². The first-order valence-corrected chi connectivity index (χ1v) is 7.19. The summed E-state index contributed by atoms with van der Waals surface area (Å²) >= 11 is 3.45. The first-order chi connectivity index (χ1) is 9.53. The van der Waals surface area contributed by atoms with Crippen LogP contribution in [0.4, 0.5) is 0 Å². The number of carboxylic acids is 1. The molecule has 0 aliphatic heterocycles. The minimum atomic E-state index is -0.830. The molecule has 0 aliphatic carbocycles. The largest absolute Gasteiger partial charge is 0.493 e. The van der Waals surface area contributed by atoms with Crippen LogP contribution < -0.4 is 14.8 Å². The van der Waals surface area contributed by atoms with Crippen molar-refractivity contribution in [3.63, 3.8) is 0 Å². The van der Waals surface area contributed by atoms with Crippen LogP contribution >= 0.6 is 15.9 Å². The van der Waals surface area contributed by atoms with Crippen LogP contribution in [0.1, 0.15) is 25.3 Å². The van der Waals surface area contributed by atoms with Crippen LogP contribution in [0.3, 0.4) is 0 Å². The number of methoxy groups -OCH3 is 2. The van der Waals surface area contributed by atoms with Gasteiger partial charge in [0.05, 0.1) is 14.2 Å². The Kier molecular flexibility index (Phi) is 6.81. The lowest BCUT2D eigenvalue weighted by atomic mass is 10.1. The summed E-state index contributed by atoms with van der Waals surface area (Å²) in [6.07, 6.45) is 1.41. The van der Waals surface area contributed by atoms with Gasteiger partial charge in [-0.3, -0.25) is 4.79 Å². The van der Waals surface area contributed by atoms with Gasteiger partial charge in [-0.15, -0.1) is 0 Å². The monoisotopic (exact) mass is 345 g/mol. The third kappa shape index (κ3) is 4.38. The molecule has 0 amide bonds. The molecule has 2 N–H and O–H groups in total. The molecule has 20 heavy (non-hydrogen) atoms. The first kappa shape index (κ1) is 16.8. The smallest absolute Gasteiger partial charge is 0.320 e. The number of hydrogen-bond acceptors (Lipinski definition) is 4. The van der Waals surface area contributed by atoms with Crippen molar-refractivity contribution >= 4 is 21.9 Å². The lowest BCUT2D eigenvalue weighted by molar-refractivity contribution is -0.139. The van der Waals surface area contributed by atoms with Gasteiger partial charge in [0.25, 0.3) is 0 Å². The Morgan fingerprint density at radius 2 is 1.95 bits per heavy atom. The SMILES string of the molecule is CCCC(NCc1cc(OC)c(OC)cc1Br)C(=O)O. The first-order valence-electron chi connectivity index (χ1n) is 6.40.